The first-order valence-electron chi connectivity index (χ1n) is 8.14. The first-order chi connectivity index (χ1) is 12.5. The molecule has 5 heteroatoms. The summed E-state index contributed by atoms with van der Waals surface area (Å²) in [5, 5.41) is 0. The summed E-state index contributed by atoms with van der Waals surface area (Å²) in [4.78, 5) is 27.0. The van der Waals surface area contributed by atoms with E-state index in [1.165, 1.54) is 7.11 Å². The summed E-state index contributed by atoms with van der Waals surface area (Å²) in [5.74, 6) is -0.709. The van der Waals surface area contributed by atoms with Crippen molar-refractivity contribution in [3.8, 4) is 0 Å². The van der Waals surface area contributed by atoms with Crippen molar-refractivity contribution in [2.45, 2.75) is 13.5 Å². The van der Waals surface area contributed by atoms with Crippen LogP contribution >= 0.6 is 15.9 Å². The lowest BCUT2D eigenvalue weighted by molar-refractivity contribution is -0.136. The number of hydrogen-bond donors (Lipinski definition) is 0. The predicted molar refractivity (Wildman–Crippen MR) is 104 cm³/mol. The van der Waals surface area contributed by atoms with Crippen LogP contribution in [0.15, 0.2) is 75.9 Å². The van der Waals surface area contributed by atoms with Gasteiger partial charge < -0.3 is 9.64 Å². The number of rotatable bonds is 4. The van der Waals surface area contributed by atoms with E-state index in [4.69, 9.17) is 4.74 Å². The van der Waals surface area contributed by atoms with Gasteiger partial charge in [0.05, 0.1) is 24.8 Å². The second-order valence-electron chi connectivity index (χ2n) is 5.94. The standard InChI is InChI=1S/C21H18BrNO3/c1-14-19(21(25)26-2)18(12-16-9-6-10-17(22)11-16)20(24)23(14)13-15-7-4-3-5-8-15/h3-12H,13H2,1-2H3/b18-12-. The molecule has 0 aromatic heterocycles. The highest BCUT2D eigenvalue weighted by Crippen LogP contribution is 2.33. The molecule has 26 heavy (non-hydrogen) atoms. The minimum atomic E-state index is -0.507. The summed E-state index contributed by atoms with van der Waals surface area (Å²) >= 11 is 3.42. The lowest BCUT2D eigenvalue weighted by atomic mass is 10.0. The Kier molecular flexibility index (Phi) is 5.38. The topological polar surface area (TPSA) is 46.6 Å². The highest BCUT2D eigenvalue weighted by atomic mass is 79.9. The van der Waals surface area contributed by atoms with Gasteiger partial charge in [-0.15, -0.1) is 0 Å². The molecule has 3 rings (SSSR count). The van der Waals surface area contributed by atoms with Crippen molar-refractivity contribution in [2.24, 2.45) is 0 Å². The van der Waals surface area contributed by atoms with Gasteiger partial charge in [0.1, 0.15) is 0 Å². The number of esters is 1. The molecule has 1 aliphatic heterocycles. The fourth-order valence-corrected chi connectivity index (χ4v) is 3.36. The number of hydrogen-bond acceptors (Lipinski definition) is 3. The molecule has 2 aromatic rings. The Hall–Kier alpha value is -2.66. The number of carbonyl (C=O) groups is 2. The predicted octanol–water partition coefficient (Wildman–Crippen LogP) is 4.32. The number of nitrogens with zero attached hydrogens (tertiary/aromatic N) is 1. The van der Waals surface area contributed by atoms with E-state index in [-0.39, 0.29) is 5.91 Å². The molecule has 0 saturated heterocycles. The zero-order valence-electron chi connectivity index (χ0n) is 14.5. The van der Waals surface area contributed by atoms with E-state index in [0.717, 1.165) is 15.6 Å². The molecule has 0 unspecified atom stereocenters. The van der Waals surface area contributed by atoms with E-state index < -0.39 is 5.97 Å². The minimum Gasteiger partial charge on any atom is -0.465 e. The van der Waals surface area contributed by atoms with Crippen LogP contribution in [0.1, 0.15) is 18.1 Å². The van der Waals surface area contributed by atoms with Crippen LogP contribution < -0.4 is 0 Å². The van der Waals surface area contributed by atoms with Gasteiger partial charge in [-0.1, -0.05) is 58.4 Å². The molecule has 0 aliphatic carbocycles. The number of amides is 1. The van der Waals surface area contributed by atoms with Crippen molar-refractivity contribution in [1.82, 2.24) is 4.90 Å². The van der Waals surface area contributed by atoms with Crippen molar-refractivity contribution < 1.29 is 14.3 Å². The largest absolute Gasteiger partial charge is 0.465 e. The minimum absolute atomic E-state index is 0.202. The first-order valence-corrected chi connectivity index (χ1v) is 8.93. The molecular formula is C21H18BrNO3. The van der Waals surface area contributed by atoms with Crippen molar-refractivity contribution in [3.63, 3.8) is 0 Å². The summed E-state index contributed by atoms with van der Waals surface area (Å²) in [7, 11) is 1.32. The normalized spacial score (nSPS) is 15.7. The number of ether oxygens (including phenoxy) is 1. The third-order valence-corrected chi connectivity index (χ3v) is 4.74. The molecule has 0 spiro atoms. The molecule has 1 aliphatic rings. The maximum Gasteiger partial charge on any atom is 0.340 e. The Balaban J connectivity index is 2.03. The van der Waals surface area contributed by atoms with E-state index in [1.807, 2.05) is 54.6 Å². The van der Waals surface area contributed by atoms with Gasteiger partial charge in [0, 0.05) is 10.2 Å². The summed E-state index contributed by atoms with van der Waals surface area (Å²) in [6.07, 6.45) is 1.73. The number of benzene rings is 2. The maximum absolute atomic E-state index is 13.0. The van der Waals surface area contributed by atoms with E-state index >= 15 is 0 Å². The van der Waals surface area contributed by atoms with Crippen LogP contribution in [-0.2, 0) is 20.9 Å². The molecule has 0 fully saturated rings. The van der Waals surface area contributed by atoms with Gasteiger partial charge in [-0.05, 0) is 36.3 Å². The van der Waals surface area contributed by atoms with Gasteiger partial charge in [-0.2, -0.15) is 0 Å². The van der Waals surface area contributed by atoms with Crippen molar-refractivity contribution in [3.05, 3.63) is 87.0 Å². The van der Waals surface area contributed by atoms with Crippen LogP contribution in [0.25, 0.3) is 6.08 Å². The lowest BCUT2D eigenvalue weighted by Gasteiger charge is -2.17. The third kappa shape index (κ3) is 3.63. The second-order valence-corrected chi connectivity index (χ2v) is 6.86. The van der Waals surface area contributed by atoms with Gasteiger partial charge in [-0.3, -0.25) is 4.79 Å². The van der Waals surface area contributed by atoms with Crippen molar-refractivity contribution in [2.75, 3.05) is 7.11 Å². The van der Waals surface area contributed by atoms with Gasteiger partial charge in [0.25, 0.3) is 5.91 Å². The monoisotopic (exact) mass is 411 g/mol. The van der Waals surface area contributed by atoms with E-state index in [1.54, 1.807) is 17.9 Å². The molecule has 0 bridgehead atoms. The number of methoxy groups -OCH3 is 1. The fraction of sp³-hybridized carbons (Fsp3) is 0.143. The second kappa shape index (κ2) is 7.70. The van der Waals surface area contributed by atoms with E-state index in [0.29, 0.717) is 23.4 Å². The Labute approximate surface area is 160 Å². The smallest absolute Gasteiger partial charge is 0.340 e. The fourth-order valence-electron chi connectivity index (χ4n) is 2.95. The molecular weight excluding hydrogens is 394 g/mol. The average Bonchev–Trinajstić information content (AvgIpc) is 2.86. The van der Waals surface area contributed by atoms with E-state index in [9.17, 15) is 9.59 Å². The van der Waals surface area contributed by atoms with Crippen LogP contribution in [0.3, 0.4) is 0 Å². The summed E-state index contributed by atoms with van der Waals surface area (Å²) in [6, 6.07) is 17.2. The summed E-state index contributed by atoms with van der Waals surface area (Å²) in [5.41, 5.74) is 3.09. The van der Waals surface area contributed by atoms with Crippen molar-refractivity contribution in [1.29, 1.82) is 0 Å². The van der Waals surface area contributed by atoms with Crippen LogP contribution in [0.2, 0.25) is 0 Å². The quantitative estimate of drug-likeness (QED) is 0.555. The first kappa shape index (κ1) is 18.1. The van der Waals surface area contributed by atoms with Gasteiger partial charge >= 0.3 is 5.97 Å². The Bertz CT molecular complexity index is 916. The molecule has 1 heterocycles. The molecule has 132 valence electrons. The molecule has 0 saturated carbocycles. The number of carbonyl (C=O) groups excluding carboxylic acids is 2. The van der Waals surface area contributed by atoms with Crippen LogP contribution in [-0.4, -0.2) is 23.9 Å². The Morgan fingerprint density at radius 2 is 1.88 bits per heavy atom. The number of allylic oxidation sites excluding steroid dienone is 1. The molecule has 0 atom stereocenters. The SMILES string of the molecule is COC(=O)C1=C(C)N(Cc2ccccc2)C(=O)/C1=C\c1cccc(Br)c1. The zero-order valence-corrected chi connectivity index (χ0v) is 16.1. The molecule has 0 radical (unpaired) electrons. The van der Waals surface area contributed by atoms with E-state index in [2.05, 4.69) is 15.9 Å². The lowest BCUT2D eigenvalue weighted by Crippen LogP contribution is -2.24. The zero-order chi connectivity index (χ0) is 18.7. The Morgan fingerprint density at radius 3 is 2.54 bits per heavy atom. The van der Waals surface area contributed by atoms with Crippen molar-refractivity contribution >= 4 is 33.9 Å². The molecule has 4 nitrogen and oxygen atoms in total. The number of halogens is 1. The van der Waals surface area contributed by atoms with Gasteiger partial charge in [0.15, 0.2) is 0 Å². The van der Waals surface area contributed by atoms with Gasteiger partial charge in [-0.25, -0.2) is 4.79 Å². The average molecular weight is 412 g/mol. The summed E-state index contributed by atoms with van der Waals surface area (Å²) < 4.78 is 5.82. The highest BCUT2D eigenvalue weighted by molar-refractivity contribution is 9.10. The van der Waals surface area contributed by atoms with Crippen LogP contribution in [0.4, 0.5) is 0 Å². The Morgan fingerprint density at radius 1 is 1.15 bits per heavy atom. The third-order valence-electron chi connectivity index (χ3n) is 4.24. The molecule has 2 aromatic carbocycles. The summed E-state index contributed by atoms with van der Waals surface area (Å²) in [6.45, 7) is 2.18. The molecule has 1 amide bonds. The van der Waals surface area contributed by atoms with Gasteiger partial charge in [0.2, 0.25) is 0 Å². The van der Waals surface area contributed by atoms with Crippen LogP contribution in [0, 0.1) is 0 Å². The maximum atomic E-state index is 13.0. The van der Waals surface area contributed by atoms with Crippen LogP contribution in [0.5, 0.6) is 0 Å². The molecule has 0 N–H and O–H groups in total. The highest BCUT2D eigenvalue weighted by Gasteiger charge is 2.36.